The topological polar surface area (TPSA) is 55.8 Å². The number of ether oxygens (including phenoxy) is 2. The van der Waals surface area contributed by atoms with Crippen LogP contribution in [-0.2, 0) is 20.9 Å². The molecule has 1 heterocycles. The van der Waals surface area contributed by atoms with Crippen LogP contribution in [0.4, 0.5) is 4.79 Å². The van der Waals surface area contributed by atoms with Gasteiger partial charge < -0.3 is 14.4 Å². The second-order valence-corrected chi connectivity index (χ2v) is 5.25. The molecule has 0 bridgehead atoms. The molecule has 0 aliphatic carbocycles. The summed E-state index contributed by atoms with van der Waals surface area (Å²) in [5.41, 5.74) is 0.947. The van der Waals surface area contributed by atoms with Crippen LogP contribution in [0.15, 0.2) is 30.3 Å². The lowest BCUT2D eigenvalue weighted by Gasteiger charge is -2.27. The van der Waals surface area contributed by atoms with Crippen molar-refractivity contribution in [1.82, 2.24) is 4.90 Å². The molecule has 1 aliphatic rings. The van der Waals surface area contributed by atoms with Gasteiger partial charge in [0.2, 0.25) is 0 Å². The summed E-state index contributed by atoms with van der Waals surface area (Å²) >= 11 is 0. The van der Waals surface area contributed by atoms with E-state index in [1.54, 1.807) is 11.8 Å². The van der Waals surface area contributed by atoms with E-state index in [2.05, 4.69) is 0 Å². The number of likely N-dealkylation sites (tertiary alicyclic amines) is 1. The summed E-state index contributed by atoms with van der Waals surface area (Å²) in [7, 11) is 1.37. The maximum absolute atomic E-state index is 12.2. The molecule has 2 rings (SSSR count). The normalized spacial score (nSPS) is 19.1. The minimum absolute atomic E-state index is 0.138. The number of esters is 1. The molecule has 5 heteroatoms. The lowest BCUT2D eigenvalue weighted by molar-refractivity contribution is -0.146. The van der Waals surface area contributed by atoms with Crippen molar-refractivity contribution in [3.8, 4) is 0 Å². The van der Waals surface area contributed by atoms with E-state index in [0.717, 1.165) is 18.4 Å². The van der Waals surface area contributed by atoms with E-state index >= 15 is 0 Å². The first-order valence-electron chi connectivity index (χ1n) is 7.18. The molecule has 1 aliphatic heterocycles. The molecule has 0 N–H and O–H groups in total. The second kappa shape index (κ2) is 7.11. The summed E-state index contributed by atoms with van der Waals surface area (Å²) in [4.78, 5) is 25.5. The van der Waals surface area contributed by atoms with E-state index in [1.165, 1.54) is 7.11 Å². The van der Waals surface area contributed by atoms with E-state index in [4.69, 9.17) is 9.47 Å². The number of carbonyl (C=O) groups is 2. The maximum Gasteiger partial charge on any atom is 0.410 e. The van der Waals surface area contributed by atoms with Gasteiger partial charge in [0.1, 0.15) is 6.61 Å². The molecular weight excluding hydrogens is 270 g/mol. The maximum atomic E-state index is 12.2. The Bertz CT molecular complexity index is 488. The number of carbonyl (C=O) groups excluding carboxylic acids is 2. The number of benzene rings is 1. The molecular formula is C16H21NO4. The van der Waals surface area contributed by atoms with Crippen LogP contribution in [0.1, 0.15) is 25.3 Å². The van der Waals surface area contributed by atoms with Gasteiger partial charge >= 0.3 is 12.1 Å². The fourth-order valence-corrected chi connectivity index (χ4v) is 2.68. The van der Waals surface area contributed by atoms with E-state index in [9.17, 15) is 9.59 Å². The molecule has 0 unspecified atom stereocenters. The zero-order valence-corrected chi connectivity index (χ0v) is 12.5. The number of hydrogen-bond acceptors (Lipinski definition) is 4. The van der Waals surface area contributed by atoms with Crippen LogP contribution in [-0.4, -0.2) is 36.7 Å². The number of amides is 1. The van der Waals surface area contributed by atoms with Gasteiger partial charge in [-0.05, 0) is 25.3 Å². The van der Waals surface area contributed by atoms with Gasteiger partial charge in [-0.3, -0.25) is 4.79 Å². The monoisotopic (exact) mass is 291 g/mol. The Hall–Kier alpha value is -2.04. The molecule has 1 amide bonds. The highest BCUT2D eigenvalue weighted by Crippen LogP contribution is 2.25. The quantitative estimate of drug-likeness (QED) is 0.800. The van der Waals surface area contributed by atoms with Crippen molar-refractivity contribution in [2.24, 2.45) is 5.92 Å². The largest absolute Gasteiger partial charge is 0.469 e. The Kier molecular flexibility index (Phi) is 5.20. The van der Waals surface area contributed by atoms with Gasteiger partial charge in [0.15, 0.2) is 0 Å². The summed E-state index contributed by atoms with van der Waals surface area (Å²) in [6, 6.07) is 9.40. The number of rotatable bonds is 4. The molecule has 5 nitrogen and oxygen atoms in total. The molecule has 0 saturated carbocycles. The van der Waals surface area contributed by atoms with E-state index in [-0.39, 0.29) is 30.6 Å². The fraction of sp³-hybridized carbons (Fsp3) is 0.500. The van der Waals surface area contributed by atoms with Gasteiger partial charge in [-0.2, -0.15) is 0 Å². The van der Waals surface area contributed by atoms with Crippen molar-refractivity contribution in [2.75, 3.05) is 13.7 Å². The molecule has 1 saturated heterocycles. The molecule has 0 aromatic heterocycles. The van der Waals surface area contributed by atoms with Crippen molar-refractivity contribution in [2.45, 2.75) is 32.4 Å². The number of methoxy groups -OCH3 is 1. The smallest absolute Gasteiger partial charge is 0.410 e. The minimum atomic E-state index is -0.364. The van der Waals surface area contributed by atoms with E-state index in [0.29, 0.717) is 6.54 Å². The summed E-state index contributed by atoms with van der Waals surface area (Å²) in [5.74, 6) is -0.621. The van der Waals surface area contributed by atoms with Gasteiger partial charge in [-0.25, -0.2) is 4.79 Å². The lowest BCUT2D eigenvalue weighted by atomic mass is 10.00. The van der Waals surface area contributed by atoms with Gasteiger partial charge in [0.25, 0.3) is 0 Å². The Labute approximate surface area is 124 Å². The first-order valence-corrected chi connectivity index (χ1v) is 7.18. The third kappa shape index (κ3) is 3.74. The van der Waals surface area contributed by atoms with Crippen LogP contribution in [0.2, 0.25) is 0 Å². The minimum Gasteiger partial charge on any atom is -0.469 e. The predicted octanol–water partition coefficient (Wildman–Crippen LogP) is 2.60. The molecule has 0 radical (unpaired) electrons. The van der Waals surface area contributed by atoms with Crippen LogP contribution < -0.4 is 0 Å². The Morgan fingerprint density at radius 1 is 1.33 bits per heavy atom. The first-order chi connectivity index (χ1) is 10.1. The molecule has 0 spiro atoms. The lowest BCUT2D eigenvalue weighted by Crippen LogP contribution is -2.42. The van der Waals surface area contributed by atoms with Crippen molar-refractivity contribution in [1.29, 1.82) is 0 Å². The van der Waals surface area contributed by atoms with Gasteiger partial charge in [-0.1, -0.05) is 30.3 Å². The van der Waals surface area contributed by atoms with Crippen molar-refractivity contribution in [3.05, 3.63) is 35.9 Å². The van der Waals surface area contributed by atoms with Crippen LogP contribution in [0.3, 0.4) is 0 Å². The summed E-state index contributed by atoms with van der Waals surface area (Å²) < 4.78 is 10.1. The number of nitrogens with zero attached hydrogens (tertiary/aromatic N) is 1. The van der Waals surface area contributed by atoms with E-state index in [1.807, 2.05) is 30.3 Å². The van der Waals surface area contributed by atoms with Crippen LogP contribution in [0.5, 0.6) is 0 Å². The predicted molar refractivity (Wildman–Crippen MR) is 77.5 cm³/mol. The van der Waals surface area contributed by atoms with Crippen LogP contribution in [0.25, 0.3) is 0 Å². The molecule has 1 aromatic rings. The molecule has 1 fully saturated rings. The number of hydrogen-bond donors (Lipinski definition) is 0. The highest BCUT2D eigenvalue weighted by atomic mass is 16.6. The van der Waals surface area contributed by atoms with Gasteiger partial charge in [-0.15, -0.1) is 0 Å². The Balaban J connectivity index is 1.93. The molecule has 21 heavy (non-hydrogen) atoms. The van der Waals surface area contributed by atoms with Gasteiger partial charge in [0, 0.05) is 12.6 Å². The summed E-state index contributed by atoms with van der Waals surface area (Å²) in [6.07, 6.45) is 1.32. The highest BCUT2D eigenvalue weighted by molar-refractivity contribution is 5.75. The van der Waals surface area contributed by atoms with Crippen molar-refractivity contribution >= 4 is 12.1 Å². The van der Waals surface area contributed by atoms with Crippen molar-refractivity contribution in [3.63, 3.8) is 0 Å². The Morgan fingerprint density at radius 3 is 2.71 bits per heavy atom. The Morgan fingerprint density at radius 2 is 2.05 bits per heavy atom. The average molecular weight is 291 g/mol. The van der Waals surface area contributed by atoms with E-state index < -0.39 is 0 Å². The first kappa shape index (κ1) is 15.4. The highest BCUT2D eigenvalue weighted by Gasteiger charge is 2.37. The zero-order valence-electron chi connectivity index (χ0n) is 12.5. The molecule has 2 atom stereocenters. The summed E-state index contributed by atoms with van der Waals surface area (Å²) in [6.45, 7) is 2.66. The molecule has 114 valence electrons. The third-order valence-electron chi connectivity index (χ3n) is 3.89. The van der Waals surface area contributed by atoms with Crippen LogP contribution >= 0.6 is 0 Å². The molecule has 1 aromatic carbocycles. The second-order valence-electron chi connectivity index (χ2n) is 5.25. The third-order valence-corrected chi connectivity index (χ3v) is 3.89. The van der Waals surface area contributed by atoms with Gasteiger partial charge in [0.05, 0.1) is 13.0 Å². The summed E-state index contributed by atoms with van der Waals surface area (Å²) in [5, 5.41) is 0. The van der Waals surface area contributed by atoms with Crippen LogP contribution in [0, 0.1) is 5.92 Å². The van der Waals surface area contributed by atoms with Crippen molar-refractivity contribution < 1.29 is 19.1 Å². The fourth-order valence-electron chi connectivity index (χ4n) is 2.68. The standard InChI is InChI=1S/C16H21NO4/c1-12(15(18)20-2)14-9-6-10-17(14)16(19)21-11-13-7-4-3-5-8-13/h3-5,7-8,12,14H,6,9-11H2,1-2H3/t12-,14+/m0/s1. The average Bonchev–Trinajstić information content (AvgIpc) is 3.01. The SMILES string of the molecule is COC(=O)[C@@H](C)[C@H]1CCCN1C(=O)OCc1ccccc1. The zero-order chi connectivity index (χ0) is 15.2.